The normalized spacial score (nSPS) is 23.1. The van der Waals surface area contributed by atoms with Crippen LogP contribution in [-0.2, 0) is 19.6 Å². The number of benzene rings is 1. The highest BCUT2D eigenvalue weighted by molar-refractivity contribution is 8.18. The number of sulfonamides is 1. The van der Waals surface area contributed by atoms with E-state index in [0.29, 0.717) is 73.9 Å². The highest BCUT2D eigenvalue weighted by atomic mass is 32.2. The summed E-state index contributed by atoms with van der Waals surface area (Å²) < 4.78 is 32.7. The molecule has 188 valence electrons. The van der Waals surface area contributed by atoms with Crippen LogP contribution in [0.5, 0.6) is 0 Å². The number of hydrogen-bond donors (Lipinski definition) is 1. The second kappa shape index (κ2) is 8.83. The lowest BCUT2D eigenvalue weighted by atomic mass is 9.74. The van der Waals surface area contributed by atoms with E-state index in [4.69, 9.17) is 9.72 Å². The number of hydrogen-bond acceptors (Lipinski definition) is 10. The van der Waals surface area contributed by atoms with Gasteiger partial charge in [-0.15, -0.1) is 0 Å². The van der Waals surface area contributed by atoms with Crippen LogP contribution in [0.15, 0.2) is 46.2 Å². The summed E-state index contributed by atoms with van der Waals surface area (Å²) in [6.45, 7) is 4.78. The van der Waals surface area contributed by atoms with Gasteiger partial charge in [-0.25, -0.2) is 13.4 Å². The van der Waals surface area contributed by atoms with E-state index in [2.05, 4.69) is 15.2 Å². The molecule has 4 saturated heterocycles. The summed E-state index contributed by atoms with van der Waals surface area (Å²) >= 11 is 0.849. The number of aromatic nitrogens is 2. The molecule has 4 aliphatic rings. The van der Waals surface area contributed by atoms with E-state index < -0.39 is 21.2 Å². The molecule has 0 aliphatic carbocycles. The summed E-state index contributed by atoms with van der Waals surface area (Å²) in [5.74, 6) is 0.818. The van der Waals surface area contributed by atoms with E-state index >= 15 is 0 Å². The zero-order chi connectivity index (χ0) is 24.9. The number of morpholine rings is 1. The van der Waals surface area contributed by atoms with Gasteiger partial charge in [0.25, 0.3) is 11.1 Å². The van der Waals surface area contributed by atoms with Crippen molar-refractivity contribution in [1.82, 2.24) is 19.6 Å². The number of ether oxygens (including phenoxy) is 1. The first-order chi connectivity index (χ1) is 17.3. The zero-order valence-corrected chi connectivity index (χ0v) is 20.9. The van der Waals surface area contributed by atoms with Crippen LogP contribution >= 0.6 is 11.8 Å². The summed E-state index contributed by atoms with van der Waals surface area (Å²) in [5.41, 5.74) is 0.420. The summed E-state index contributed by atoms with van der Waals surface area (Å²) in [5, 5.41) is 1.86. The van der Waals surface area contributed by atoms with Crippen LogP contribution in [0.25, 0.3) is 6.08 Å². The van der Waals surface area contributed by atoms with Crippen LogP contribution in [-0.4, -0.2) is 86.3 Å². The molecule has 6 rings (SSSR count). The molecule has 13 heteroatoms. The van der Waals surface area contributed by atoms with Gasteiger partial charge < -0.3 is 14.5 Å². The second-order valence-electron chi connectivity index (χ2n) is 9.34. The van der Waals surface area contributed by atoms with Gasteiger partial charge in [-0.3, -0.25) is 14.9 Å². The lowest BCUT2D eigenvalue weighted by Gasteiger charge is -2.59. The molecule has 5 heterocycles. The maximum absolute atomic E-state index is 12.9. The monoisotopic (exact) mass is 528 g/mol. The summed E-state index contributed by atoms with van der Waals surface area (Å²) in [7, 11) is -3.49. The lowest BCUT2D eigenvalue weighted by molar-refractivity contribution is -0.115. The van der Waals surface area contributed by atoms with Gasteiger partial charge >= 0.3 is 0 Å². The fourth-order valence-electron chi connectivity index (χ4n) is 4.88. The minimum atomic E-state index is -3.49. The molecule has 4 aliphatic heterocycles. The van der Waals surface area contributed by atoms with Gasteiger partial charge in [0.15, 0.2) is 0 Å². The third kappa shape index (κ3) is 4.25. The molecular weight excluding hydrogens is 504 g/mol. The Kier molecular flexibility index (Phi) is 5.74. The van der Waals surface area contributed by atoms with Crippen LogP contribution in [0.1, 0.15) is 5.69 Å². The molecule has 11 nitrogen and oxygen atoms in total. The van der Waals surface area contributed by atoms with Gasteiger partial charge in [-0.2, -0.15) is 9.29 Å². The van der Waals surface area contributed by atoms with Crippen LogP contribution < -0.4 is 15.1 Å². The van der Waals surface area contributed by atoms with Crippen molar-refractivity contribution in [3.63, 3.8) is 0 Å². The Hall–Kier alpha value is -3.00. The zero-order valence-electron chi connectivity index (χ0n) is 19.3. The first-order valence-corrected chi connectivity index (χ1v) is 13.8. The molecule has 1 spiro atoms. The first kappa shape index (κ1) is 23.4. The number of amides is 2. The van der Waals surface area contributed by atoms with E-state index in [-0.39, 0.29) is 5.41 Å². The fraction of sp³-hybridized carbons (Fsp3) is 0.391. The van der Waals surface area contributed by atoms with Crippen molar-refractivity contribution >= 4 is 50.8 Å². The Bertz CT molecular complexity index is 1350. The minimum absolute atomic E-state index is 0.119. The van der Waals surface area contributed by atoms with Gasteiger partial charge in [0.2, 0.25) is 16.0 Å². The fourth-order valence-corrected chi connectivity index (χ4v) is 7.24. The van der Waals surface area contributed by atoms with Crippen LogP contribution in [0, 0.1) is 5.41 Å². The van der Waals surface area contributed by atoms with Gasteiger partial charge in [-0.05, 0) is 30.0 Å². The molecular formula is C23H24N6O5S2. The number of anilines is 2. The quantitative estimate of drug-likeness (QED) is 0.565. The van der Waals surface area contributed by atoms with Crippen molar-refractivity contribution in [3.8, 4) is 0 Å². The Morgan fingerprint density at radius 2 is 1.72 bits per heavy atom. The summed E-state index contributed by atoms with van der Waals surface area (Å²) in [4.78, 5) is 37.8. The van der Waals surface area contributed by atoms with Gasteiger partial charge in [0, 0.05) is 50.7 Å². The molecule has 1 aromatic carbocycles. The number of carbonyl (C=O) groups is 2. The molecule has 4 fully saturated rings. The molecule has 36 heavy (non-hydrogen) atoms. The number of nitrogens with zero attached hydrogens (tertiary/aromatic N) is 5. The minimum Gasteiger partial charge on any atom is -0.378 e. The Morgan fingerprint density at radius 3 is 2.39 bits per heavy atom. The maximum Gasteiger partial charge on any atom is 0.290 e. The van der Waals surface area contributed by atoms with E-state index in [1.54, 1.807) is 36.4 Å². The van der Waals surface area contributed by atoms with Crippen molar-refractivity contribution < 1.29 is 22.7 Å². The number of rotatable bonds is 5. The first-order valence-electron chi connectivity index (χ1n) is 11.6. The Balaban J connectivity index is 1.20. The van der Waals surface area contributed by atoms with Gasteiger partial charge in [0.05, 0.1) is 28.7 Å². The van der Waals surface area contributed by atoms with Crippen molar-refractivity contribution in [2.75, 3.05) is 62.3 Å². The molecule has 0 bridgehead atoms. The van der Waals surface area contributed by atoms with E-state index in [1.807, 2.05) is 11.0 Å². The van der Waals surface area contributed by atoms with Gasteiger partial charge in [-0.1, -0.05) is 18.2 Å². The molecule has 0 saturated carbocycles. The molecule has 0 unspecified atom stereocenters. The maximum atomic E-state index is 12.9. The number of nitrogens with one attached hydrogen (secondary N) is 1. The van der Waals surface area contributed by atoms with Crippen molar-refractivity contribution in [2.45, 2.75) is 4.90 Å². The van der Waals surface area contributed by atoms with Crippen LogP contribution in [0.3, 0.4) is 0 Å². The summed E-state index contributed by atoms with van der Waals surface area (Å²) in [6, 6.07) is 10.3. The Labute approximate surface area is 212 Å². The third-order valence-corrected chi connectivity index (χ3v) is 9.33. The predicted molar refractivity (Wildman–Crippen MR) is 134 cm³/mol. The van der Waals surface area contributed by atoms with Crippen LogP contribution in [0.4, 0.5) is 16.6 Å². The highest BCUT2D eigenvalue weighted by Gasteiger charge is 2.56. The molecule has 2 amide bonds. The van der Waals surface area contributed by atoms with E-state index in [0.717, 1.165) is 17.6 Å². The SMILES string of the molecule is O=C1NC(=O)/C(=C/c2cc(N3CCOCC3)nc(N3CC4(C3)CN(S(=O)(=O)c3ccccc3)C4)n2)S1. The molecule has 0 radical (unpaired) electrons. The van der Waals surface area contributed by atoms with Gasteiger partial charge in [0.1, 0.15) is 5.82 Å². The predicted octanol–water partition coefficient (Wildman–Crippen LogP) is 1.15. The van der Waals surface area contributed by atoms with Crippen molar-refractivity contribution in [3.05, 3.63) is 47.0 Å². The average Bonchev–Trinajstić information content (AvgIpc) is 3.14. The third-order valence-electron chi connectivity index (χ3n) is 6.72. The van der Waals surface area contributed by atoms with E-state index in [1.165, 1.54) is 4.31 Å². The number of thioether (sulfide) groups is 1. The highest BCUT2D eigenvalue weighted by Crippen LogP contribution is 2.43. The smallest absolute Gasteiger partial charge is 0.290 e. The van der Waals surface area contributed by atoms with Crippen LogP contribution in [0.2, 0.25) is 0 Å². The largest absolute Gasteiger partial charge is 0.378 e. The lowest BCUT2D eigenvalue weighted by Crippen LogP contribution is -2.73. The molecule has 0 atom stereocenters. The number of imide groups is 1. The van der Waals surface area contributed by atoms with Crippen molar-refractivity contribution in [2.24, 2.45) is 5.41 Å². The standard InChI is InChI=1S/C23H24N6O5S2/c30-20-18(35-22(31)26-20)10-16-11-19(27-6-8-34-9-7-27)25-21(24-16)28-12-23(13-28)14-29(15-23)36(32,33)17-4-2-1-3-5-17/h1-5,10-11H,6-9,12-15H2,(H,26,30,31)/b18-10-. The average molecular weight is 529 g/mol. The van der Waals surface area contributed by atoms with Crippen molar-refractivity contribution in [1.29, 1.82) is 0 Å². The molecule has 1 N–H and O–H groups in total. The molecule has 2 aromatic rings. The Morgan fingerprint density at radius 1 is 1.00 bits per heavy atom. The number of carbonyl (C=O) groups excluding carboxylic acids is 2. The summed E-state index contributed by atoms with van der Waals surface area (Å²) in [6.07, 6.45) is 1.60. The second-order valence-corrected chi connectivity index (χ2v) is 12.3. The topological polar surface area (TPSA) is 125 Å². The van der Waals surface area contributed by atoms with E-state index in [9.17, 15) is 18.0 Å². The molecule has 1 aromatic heterocycles.